The van der Waals surface area contributed by atoms with Crippen molar-refractivity contribution in [3.05, 3.63) is 34.9 Å². The third-order valence-electron chi connectivity index (χ3n) is 5.99. The summed E-state index contributed by atoms with van der Waals surface area (Å²) in [5, 5.41) is 5.80. The number of likely N-dealkylation sites (N-methyl/N-ethyl adjacent to an activating group) is 1. The zero-order valence-electron chi connectivity index (χ0n) is 15.7. The van der Waals surface area contributed by atoms with Gasteiger partial charge in [-0.1, -0.05) is 12.1 Å². The first kappa shape index (κ1) is 18.1. The molecule has 0 spiro atoms. The van der Waals surface area contributed by atoms with Gasteiger partial charge in [-0.3, -0.25) is 24.6 Å². The minimum absolute atomic E-state index is 0.108. The van der Waals surface area contributed by atoms with Gasteiger partial charge in [0.15, 0.2) is 0 Å². The van der Waals surface area contributed by atoms with E-state index in [0.29, 0.717) is 24.6 Å². The highest BCUT2D eigenvalue weighted by molar-refractivity contribution is 6.05. The van der Waals surface area contributed by atoms with Crippen LogP contribution in [-0.2, 0) is 22.7 Å². The number of rotatable bonds is 4. The lowest BCUT2D eigenvalue weighted by molar-refractivity contribution is -0.136. The van der Waals surface area contributed by atoms with Crippen LogP contribution in [0.15, 0.2) is 18.2 Å². The first-order valence-corrected chi connectivity index (χ1v) is 9.71. The first-order chi connectivity index (χ1) is 13.0. The van der Waals surface area contributed by atoms with E-state index in [2.05, 4.69) is 28.6 Å². The fourth-order valence-corrected chi connectivity index (χ4v) is 4.41. The molecular weight excluding hydrogens is 344 g/mol. The molecule has 144 valence electrons. The Morgan fingerprint density at radius 3 is 2.81 bits per heavy atom. The van der Waals surface area contributed by atoms with E-state index in [1.807, 2.05) is 12.1 Å². The van der Waals surface area contributed by atoms with E-state index in [0.717, 1.165) is 30.8 Å². The summed E-state index contributed by atoms with van der Waals surface area (Å²) >= 11 is 0. The van der Waals surface area contributed by atoms with E-state index in [1.165, 1.54) is 12.8 Å². The van der Waals surface area contributed by atoms with Crippen molar-refractivity contribution >= 4 is 17.7 Å². The van der Waals surface area contributed by atoms with Crippen LogP contribution in [-0.4, -0.2) is 59.7 Å². The van der Waals surface area contributed by atoms with Crippen molar-refractivity contribution in [1.29, 1.82) is 0 Å². The maximum Gasteiger partial charge on any atom is 0.255 e. The molecule has 0 bridgehead atoms. The van der Waals surface area contributed by atoms with E-state index in [1.54, 1.807) is 4.90 Å². The number of carbonyl (C=O) groups excluding carboxylic acids is 3. The molecule has 1 unspecified atom stereocenters. The molecular formula is C20H26N4O3. The maximum atomic E-state index is 12.9. The quantitative estimate of drug-likeness (QED) is 0.760. The Kier molecular flexibility index (Phi) is 4.97. The van der Waals surface area contributed by atoms with Gasteiger partial charge in [0.25, 0.3) is 5.91 Å². The molecule has 3 heterocycles. The summed E-state index contributed by atoms with van der Waals surface area (Å²) in [6.45, 7) is 3.30. The molecule has 1 aromatic rings. The number of amides is 3. The predicted molar refractivity (Wildman–Crippen MR) is 99.8 cm³/mol. The molecule has 0 saturated carbocycles. The highest BCUT2D eigenvalue weighted by Crippen LogP contribution is 2.30. The number of hydrogen-bond donors (Lipinski definition) is 2. The summed E-state index contributed by atoms with van der Waals surface area (Å²) in [6, 6.07) is 5.78. The smallest absolute Gasteiger partial charge is 0.255 e. The lowest BCUT2D eigenvalue weighted by Crippen LogP contribution is -2.52. The third kappa shape index (κ3) is 3.49. The summed E-state index contributed by atoms with van der Waals surface area (Å²) in [7, 11) is 2.13. The molecule has 7 nitrogen and oxygen atoms in total. The lowest BCUT2D eigenvalue weighted by atomic mass is 10.0. The molecule has 0 aromatic heterocycles. The number of carbonyl (C=O) groups is 3. The second-order valence-electron chi connectivity index (χ2n) is 7.76. The number of fused-ring (bicyclic) bond motifs is 1. The van der Waals surface area contributed by atoms with Crippen LogP contribution in [0.25, 0.3) is 0 Å². The van der Waals surface area contributed by atoms with Gasteiger partial charge in [0.2, 0.25) is 11.8 Å². The fourth-order valence-electron chi connectivity index (χ4n) is 4.41. The molecule has 27 heavy (non-hydrogen) atoms. The lowest BCUT2D eigenvalue weighted by Gasteiger charge is -2.32. The molecule has 1 aromatic carbocycles. The monoisotopic (exact) mass is 370 g/mol. The van der Waals surface area contributed by atoms with Gasteiger partial charge in [0.05, 0.1) is 0 Å². The van der Waals surface area contributed by atoms with Crippen molar-refractivity contribution in [2.24, 2.45) is 0 Å². The van der Waals surface area contributed by atoms with E-state index < -0.39 is 6.04 Å². The summed E-state index contributed by atoms with van der Waals surface area (Å²) < 4.78 is 0. The van der Waals surface area contributed by atoms with Crippen LogP contribution in [0.4, 0.5) is 0 Å². The van der Waals surface area contributed by atoms with Crippen molar-refractivity contribution < 1.29 is 14.4 Å². The Morgan fingerprint density at radius 1 is 1.22 bits per heavy atom. The fraction of sp³-hybridized carbons (Fsp3) is 0.550. The van der Waals surface area contributed by atoms with E-state index >= 15 is 0 Å². The second-order valence-corrected chi connectivity index (χ2v) is 7.76. The molecule has 2 N–H and O–H groups in total. The Bertz CT molecular complexity index is 772. The van der Waals surface area contributed by atoms with Crippen molar-refractivity contribution in [2.45, 2.75) is 50.9 Å². The minimum Gasteiger partial charge on any atom is -0.322 e. The summed E-state index contributed by atoms with van der Waals surface area (Å²) in [5.74, 6) is -0.730. The number of hydrogen-bond acceptors (Lipinski definition) is 5. The van der Waals surface area contributed by atoms with Crippen molar-refractivity contribution in [3.63, 3.8) is 0 Å². The summed E-state index contributed by atoms with van der Waals surface area (Å²) in [5.41, 5.74) is 2.85. The topological polar surface area (TPSA) is 81.8 Å². The zero-order valence-corrected chi connectivity index (χ0v) is 15.7. The zero-order chi connectivity index (χ0) is 19.0. The Morgan fingerprint density at radius 2 is 2.07 bits per heavy atom. The number of piperidine rings is 2. The summed E-state index contributed by atoms with van der Waals surface area (Å²) in [6.07, 6.45) is 3.04. The van der Waals surface area contributed by atoms with Crippen LogP contribution in [0, 0.1) is 0 Å². The van der Waals surface area contributed by atoms with E-state index in [9.17, 15) is 14.4 Å². The highest BCUT2D eigenvalue weighted by Gasteiger charge is 2.39. The largest absolute Gasteiger partial charge is 0.322 e. The van der Waals surface area contributed by atoms with E-state index in [4.69, 9.17) is 0 Å². The SMILES string of the molecule is CN(Cc1cccc2c1CN(C1CCC(=O)NC1=O)C2=O)[C@@H]1CCCNC1. The normalized spacial score (nSPS) is 25.7. The Labute approximate surface area is 159 Å². The Hall–Kier alpha value is -2.25. The van der Waals surface area contributed by atoms with Crippen molar-refractivity contribution in [3.8, 4) is 0 Å². The molecule has 3 aliphatic heterocycles. The number of benzene rings is 1. The second kappa shape index (κ2) is 7.40. The molecule has 0 aliphatic carbocycles. The van der Waals surface area contributed by atoms with Crippen LogP contribution in [0.1, 0.15) is 47.2 Å². The van der Waals surface area contributed by atoms with Crippen LogP contribution in [0.2, 0.25) is 0 Å². The van der Waals surface area contributed by atoms with E-state index in [-0.39, 0.29) is 24.1 Å². The van der Waals surface area contributed by atoms with Gasteiger partial charge in [-0.15, -0.1) is 0 Å². The van der Waals surface area contributed by atoms with Crippen LogP contribution in [0.3, 0.4) is 0 Å². The van der Waals surface area contributed by atoms with Crippen LogP contribution >= 0.6 is 0 Å². The molecule has 2 atom stereocenters. The van der Waals surface area contributed by atoms with Gasteiger partial charge in [-0.25, -0.2) is 0 Å². The molecule has 7 heteroatoms. The number of nitrogens with one attached hydrogen (secondary N) is 2. The number of nitrogens with zero attached hydrogens (tertiary/aromatic N) is 2. The molecule has 4 rings (SSSR count). The highest BCUT2D eigenvalue weighted by atomic mass is 16.2. The average molecular weight is 370 g/mol. The van der Waals surface area contributed by atoms with Gasteiger partial charge >= 0.3 is 0 Å². The Balaban J connectivity index is 1.52. The van der Waals surface area contributed by atoms with Gasteiger partial charge in [-0.2, -0.15) is 0 Å². The molecule has 0 radical (unpaired) electrons. The van der Waals surface area contributed by atoms with Gasteiger partial charge in [-0.05, 0) is 50.0 Å². The third-order valence-corrected chi connectivity index (χ3v) is 5.99. The molecule has 2 saturated heterocycles. The van der Waals surface area contributed by atoms with Crippen molar-refractivity contribution in [2.75, 3.05) is 20.1 Å². The predicted octanol–water partition coefficient (Wildman–Crippen LogP) is 0.631. The van der Waals surface area contributed by atoms with Crippen molar-refractivity contribution in [1.82, 2.24) is 20.4 Å². The molecule has 3 aliphatic rings. The molecule has 2 fully saturated rings. The minimum atomic E-state index is -0.560. The average Bonchev–Trinajstić information content (AvgIpc) is 3.00. The number of imide groups is 1. The van der Waals surface area contributed by atoms with Gasteiger partial charge < -0.3 is 10.2 Å². The van der Waals surface area contributed by atoms with Crippen LogP contribution < -0.4 is 10.6 Å². The maximum absolute atomic E-state index is 12.9. The summed E-state index contributed by atoms with van der Waals surface area (Å²) in [4.78, 5) is 40.5. The standard InChI is InChI=1S/C20H26N4O3/c1-23(14-5-3-9-21-10-14)11-13-4-2-6-15-16(13)12-24(20(15)27)17-7-8-18(25)22-19(17)26/h2,4,6,14,17,21H,3,5,7-12H2,1H3,(H,22,25,26)/t14-,17?/m1/s1. The van der Waals surface area contributed by atoms with Gasteiger partial charge in [0.1, 0.15) is 6.04 Å². The van der Waals surface area contributed by atoms with Gasteiger partial charge in [0, 0.05) is 37.7 Å². The molecule has 3 amide bonds. The first-order valence-electron chi connectivity index (χ1n) is 9.71. The van der Waals surface area contributed by atoms with Crippen LogP contribution in [0.5, 0.6) is 0 Å².